The van der Waals surface area contributed by atoms with Gasteiger partial charge in [-0.1, -0.05) is 19.1 Å². The number of rotatable bonds is 7. The van der Waals surface area contributed by atoms with Crippen molar-refractivity contribution in [1.82, 2.24) is 14.9 Å². The molecule has 0 saturated carbocycles. The molecule has 1 heterocycles. The van der Waals surface area contributed by atoms with Crippen LogP contribution in [0.5, 0.6) is 0 Å². The van der Waals surface area contributed by atoms with E-state index >= 15 is 0 Å². The highest BCUT2D eigenvalue weighted by Gasteiger charge is 2.29. The van der Waals surface area contributed by atoms with Crippen molar-refractivity contribution in [2.45, 2.75) is 45.2 Å². The summed E-state index contributed by atoms with van der Waals surface area (Å²) in [6.07, 6.45) is 2.61. The molecule has 5 nitrogen and oxygen atoms in total. The van der Waals surface area contributed by atoms with Gasteiger partial charge in [-0.3, -0.25) is 4.79 Å². The molecule has 2 aromatic rings. The van der Waals surface area contributed by atoms with Gasteiger partial charge >= 0.3 is 0 Å². The van der Waals surface area contributed by atoms with Gasteiger partial charge in [0.15, 0.2) is 0 Å². The van der Waals surface area contributed by atoms with Gasteiger partial charge in [0, 0.05) is 13.0 Å². The maximum absolute atomic E-state index is 11.6. The monoisotopic (exact) mass is 288 g/mol. The number of carbonyl (C=O) groups is 1. The van der Waals surface area contributed by atoms with Crippen molar-refractivity contribution in [2.24, 2.45) is 5.73 Å². The Morgan fingerprint density at radius 2 is 2.14 bits per heavy atom. The van der Waals surface area contributed by atoms with Crippen LogP contribution in [0.15, 0.2) is 24.3 Å². The third-order valence-electron chi connectivity index (χ3n) is 4.14. The Bertz CT molecular complexity index is 634. The number of benzene rings is 1. The predicted octanol–water partition coefficient (Wildman–Crippen LogP) is 1.84. The summed E-state index contributed by atoms with van der Waals surface area (Å²) in [6, 6.07) is 8.11. The van der Waals surface area contributed by atoms with E-state index in [9.17, 15) is 4.79 Å². The molecular formula is C16H24N4O. The van der Waals surface area contributed by atoms with Gasteiger partial charge in [0.25, 0.3) is 0 Å². The summed E-state index contributed by atoms with van der Waals surface area (Å²) in [5.41, 5.74) is 6.92. The molecule has 0 fully saturated rings. The Balaban J connectivity index is 2.32. The number of fused-ring (bicyclic) bond motifs is 1. The Morgan fingerprint density at radius 3 is 2.76 bits per heavy atom. The van der Waals surface area contributed by atoms with E-state index in [0.29, 0.717) is 6.42 Å². The average Bonchev–Trinajstić information content (AvgIpc) is 2.82. The second kappa shape index (κ2) is 6.26. The first kappa shape index (κ1) is 15.5. The molecule has 0 saturated heterocycles. The molecule has 1 unspecified atom stereocenters. The number of nitrogens with two attached hydrogens (primary N) is 1. The number of aromatic nitrogens is 2. The van der Waals surface area contributed by atoms with Crippen LogP contribution in [-0.2, 0) is 17.8 Å². The fourth-order valence-corrected chi connectivity index (χ4v) is 2.50. The first-order valence-corrected chi connectivity index (χ1v) is 7.45. The number of primary amides is 1. The van der Waals surface area contributed by atoms with Crippen LogP contribution < -0.4 is 11.1 Å². The zero-order chi connectivity index (χ0) is 15.5. The number of aryl methyl sites for hydroxylation is 2. The largest absolute Gasteiger partial charge is 0.368 e. The molecule has 0 aliphatic rings. The minimum absolute atomic E-state index is 0.327. The highest BCUT2D eigenvalue weighted by Crippen LogP contribution is 2.20. The third kappa shape index (κ3) is 3.08. The lowest BCUT2D eigenvalue weighted by atomic mass is 9.97. The Morgan fingerprint density at radius 1 is 1.43 bits per heavy atom. The van der Waals surface area contributed by atoms with Crippen molar-refractivity contribution in [2.75, 3.05) is 7.05 Å². The van der Waals surface area contributed by atoms with E-state index in [-0.39, 0.29) is 5.91 Å². The second-order valence-corrected chi connectivity index (χ2v) is 5.61. The summed E-state index contributed by atoms with van der Waals surface area (Å²) >= 11 is 0. The van der Waals surface area contributed by atoms with E-state index in [2.05, 4.69) is 22.9 Å². The molecule has 0 bridgehead atoms. The predicted molar refractivity (Wildman–Crippen MR) is 85.0 cm³/mol. The molecule has 114 valence electrons. The molecule has 1 atom stereocenters. The molecule has 1 amide bonds. The molecule has 1 aromatic heterocycles. The molecule has 0 spiro atoms. The number of para-hydroxylation sites is 2. The summed E-state index contributed by atoms with van der Waals surface area (Å²) in [5, 5.41) is 3.03. The third-order valence-corrected chi connectivity index (χ3v) is 4.14. The van der Waals surface area contributed by atoms with Gasteiger partial charge in [-0.15, -0.1) is 0 Å². The topological polar surface area (TPSA) is 72.9 Å². The number of imidazole rings is 1. The number of hydrogen-bond donors (Lipinski definition) is 2. The summed E-state index contributed by atoms with van der Waals surface area (Å²) in [5.74, 6) is 0.744. The molecule has 0 radical (unpaired) electrons. The van der Waals surface area contributed by atoms with Gasteiger partial charge in [0.2, 0.25) is 5.91 Å². The minimum atomic E-state index is -0.700. The maximum atomic E-state index is 11.6. The van der Waals surface area contributed by atoms with Crippen LogP contribution in [0.25, 0.3) is 11.0 Å². The van der Waals surface area contributed by atoms with Gasteiger partial charge in [-0.2, -0.15) is 0 Å². The normalized spacial score (nSPS) is 14.2. The lowest BCUT2D eigenvalue weighted by Gasteiger charge is -2.26. The number of hydrogen-bond acceptors (Lipinski definition) is 3. The lowest BCUT2D eigenvalue weighted by Crippen LogP contribution is -2.52. The van der Waals surface area contributed by atoms with Crippen LogP contribution in [-0.4, -0.2) is 28.0 Å². The minimum Gasteiger partial charge on any atom is -0.368 e. The van der Waals surface area contributed by atoms with Gasteiger partial charge in [0.1, 0.15) is 5.82 Å². The number of carbonyl (C=O) groups excluding carboxylic acids is 1. The molecule has 2 rings (SSSR count). The van der Waals surface area contributed by atoms with E-state index in [0.717, 1.165) is 36.2 Å². The van der Waals surface area contributed by atoms with Crippen LogP contribution in [0.4, 0.5) is 0 Å². The van der Waals surface area contributed by atoms with Crippen LogP contribution >= 0.6 is 0 Å². The van der Waals surface area contributed by atoms with Crippen molar-refractivity contribution >= 4 is 16.9 Å². The molecule has 1 aromatic carbocycles. The van der Waals surface area contributed by atoms with Crippen LogP contribution in [0.3, 0.4) is 0 Å². The zero-order valence-electron chi connectivity index (χ0n) is 13.0. The zero-order valence-corrected chi connectivity index (χ0v) is 13.0. The SMILES string of the molecule is CCCc1nc2ccccc2n1CCC(C)(NC)C(N)=O. The van der Waals surface area contributed by atoms with E-state index in [1.165, 1.54) is 0 Å². The average molecular weight is 288 g/mol. The van der Waals surface area contributed by atoms with E-state index in [1.54, 1.807) is 7.05 Å². The second-order valence-electron chi connectivity index (χ2n) is 5.61. The Kier molecular flexibility index (Phi) is 4.63. The first-order chi connectivity index (χ1) is 10.0. The Hall–Kier alpha value is -1.88. The summed E-state index contributed by atoms with van der Waals surface area (Å²) in [7, 11) is 1.77. The highest BCUT2D eigenvalue weighted by molar-refractivity contribution is 5.84. The number of amides is 1. The number of nitrogens with one attached hydrogen (secondary N) is 1. The van der Waals surface area contributed by atoms with Crippen LogP contribution in [0.2, 0.25) is 0 Å². The van der Waals surface area contributed by atoms with Gasteiger partial charge in [0.05, 0.1) is 16.6 Å². The quantitative estimate of drug-likeness (QED) is 0.816. The van der Waals surface area contributed by atoms with Crippen molar-refractivity contribution in [1.29, 1.82) is 0 Å². The summed E-state index contributed by atoms with van der Waals surface area (Å²) in [6.45, 7) is 4.70. The summed E-state index contributed by atoms with van der Waals surface area (Å²) < 4.78 is 2.21. The maximum Gasteiger partial charge on any atom is 0.237 e. The summed E-state index contributed by atoms with van der Waals surface area (Å²) in [4.78, 5) is 16.3. The van der Waals surface area contributed by atoms with Crippen LogP contribution in [0.1, 0.15) is 32.5 Å². The van der Waals surface area contributed by atoms with E-state index in [4.69, 9.17) is 10.7 Å². The highest BCUT2D eigenvalue weighted by atomic mass is 16.1. The number of likely N-dealkylation sites (N-methyl/N-ethyl adjacent to an activating group) is 1. The van der Waals surface area contributed by atoms with Crippen molar-refractivity contribution < 1.29 is 4.79 Å². The Labute approximate surface area is 125 Å². The van der Waals surface area contributed by atoms with Crippen molar-refractivity contribution in [3.05, 3.63) is 30.1 Å². The molecule has 0 aliphatic carbocycles. The molecular weight excluding hydrogens is 264 g/mol. The first-order valence-electron chi connectivity index (χ1n) is 7.45. The van der Waals surface area contributed by atoms with E-state index < -0.39 is 5.54 Å². The van der Waals surface area contributed by atoms with Crippen molar-refractivity contribution in [3.8, 4) is 0 Å². The van der Waals surface area contributed by atoms with Crippen molar-refractivity contribution in [3.63, 3.8) is 0 Å². The fraction of sp³-hybridized carbons (Fsp3) is 0.500. The molecule has 3 N–H and O–H groups in total. The van der Waals surface area contributed by atoms with Crippen LogP contribution in [0, 0.1) is 0 Å². The number of nitrogens with zero attached hydrogens (tertiary/aromatic N) is 2. The smallest absolute Gasteiger partial charge is 0.237 e. The van der Waals surface area contributed by atoms with Gasteiger partial charge in [-0.05, 0) is 38.9 Å². The molecule has 21 heavy (non-hydrogen) atoms. The molecule has 5 heteroatoms. The lowest BCUT2D eigenvalue weighted by molar-refractivity contribution is -0.123. The van der Waals surface area contributed by atoms with Gasteiger partial charge < -0.3 is 15.6 Å². The standard InChI is InChI=1S/C16H24N4O/c1-4-7-14-19-12-8-5-6-9-13(12)20(14)11-10-16(2,18-3)15(17)21/h5-6,8-9,18H,4,7,10-11H2,1-3H3,(H2,17,21). The van der Waals surface area contributed by atoms with Gasteiger partial charge in [-0.25, -0.2) is 4.98 Å². The molecule has 0 aliphatic heterocycles. The van der Waals surface area contributed by atoms with E-state index in [1.807, 2.05) is 25.1 Å². The fourth-order valence-electron chi connectivity index (χ4n) is 2.50.